The average Bonchev–Trinajstić information content (AvgIpc) is 2.38. The molecule has 5 heteroatoms. The summed E-state index contributed by atoms with van der Waals surface area (Å²) < 4.78 is 5.13. The molecule has 0 aliphatic carbocycles. The van der Waals surface area contributed by atoms with Crippen molar-refractivity contribution in [3.8, 4) is 5.75 Å². The summed E-state index contributed by atoms with van der Waals surface area (Å²) in [6.07, 6.45) is 1.44. The minimum absolute atomic E-state index is 0.0451. The number of rotatable bonds is 4. The first kappa shape index (κ1) is 13.7. The largest absolute Gasteiger partial charge is 0.497 e. The second-order valence-electron chi connectivity index (χ2n) is 5.12. The number of nitrogens with two attached hydrogens (primary N) is 1. The number of ether oxygens (including phenoxy) is 1. The van der Waals surface area contributed by atoms with Gasteiger partial charge >= 0.3 is 5.97 Å². The molecule has 0 spiro atoms. The highest BCUT2D eigenvalue weighted by Gasteiger charge is 2.32. The molecular formula is C14H20N2O3. The van der Waals surface area contributed by atoms with E-state index in [1.807, 2.05) is 24.3 Å². The smallest absolute Gasteiger partial charge is 0.305 e. The van der Waals surface area contributed by atoms with E-state index in [1.165, 1.54) is 0 Å². The summed E-state index contributed by atoms with van der Waals surface area (Å²) in [5, 5.41) is 8.86. The third-order valence-electron chi connectivity index (χ3n) is 3.70. The van der Waals surface area contributed by atoms with Gasteiger partial charge in [-0.3, -0.25) is 4.79 Å². The van der Waals surface area contributed by atoms with Gasteiger partial charge in [0.25, 0.3) is 0 Å². The maximum Gasteiger partial charge on any atom is 0.305 e. The highest BCUT2D eigenvalue weighted by molar-refractivity contribution is 5.68. The maximum absolute atomic E-state index is 10.8. The third-order valence-corrected chi connectivity index (χ3v) is 3.70. The Morgan fingerprint density at radius 1 is 1.37 bits per heavy atom. The van der Waals surface area contributed by atoms with E-state index in [9.17, 15) is 4.79 Å². The van der Waals surface area contributed by atoms with Crippen LogP contribution in [0.5, 0.6) is 5.75 Å². The van der Waals surface area contributed by atoms with Gasteiger partial charge in [0.2, 0.25) is 0 Å². The Balaban J connectivity index is 1.97. The van der Waals surface area contributed by atoms with Crippen LogP contribution < -0.4 is 15.4 Å². The number of anilines is 1. The Bertz CT molecular complexity index is 437. The van der Waals surface area contributed by atoms with Gasteiger partial charge in [0.05, 0.1) is 13.5 Å². The maximum atomic E-state index is 10.8. The lowest BCUT2D eigenvalue weighted by Gasteiger charge is -2.39. The molecule has 19 heavy (non-hydrogen) atoms. The summed E-state index contributed by atoms with van der Waals surface area (Å²) in [5.74, 6) is 0.0141. The highest BCUT2D eigenvalue weighted by Crippen LogP contribution is 2.28. The Hall–Kier alpha value is -1.75. The van der Waals surface area contributed by atoms with E-state index in [1.54, 1.807) is 7.11 Å². The molecule has 0 atom stereocenters. The number of aliphatic carboxylic acids is 1. The molecule has 3 N–H and O–H groups in total. The Kier molecular flexibility index (Phi) is 3.95. The van der Waals surface area contributed by atoms with Crippen molar-refractivity contribution in [3.05, 3.63) is 24.3 Å². The van der Waals surface area contributed by atoms with Crippen molar-refractivity contribution >= 4 is 11.7 Å². The first-order valence-electron chi connectivity index (χ1n) is 6.42. The lowest BCUT2D eigenvalue weighted by molar-refractivity contribution is -0.138. The van der Waals surface area contributed by atoms with Gasteiger partial charge < -0.3 is 20.5 Å². The predicted octanol–water partition coefficient (Wildman–Crippen LogP) is 1.47. The minimum Gasteiger partial charge on any atom is -0.497 e. The number of benzene rings is 1. The van der Waals surface area contributed by atoms with Crippen molar-refractivity contribution in [2.75, 3.05) is 25.1 Å². The van der Waals surface area contributed by atoms with Gasteiger partial charge in [0.15, 0.2) is 0 Å². The number of carbonyl (C=O) groups is 1. The van der Waals surface area contributed by atoms with Gasteiger partial charge in [-0.1, -0.05) is 0 Å². The zero-order valence-electron chi connectivity index (χ0n) is 11.1. The Morgan fingerprint density at radius 3 is 2.42 bits per heavy atom. The molecule has 0 amide bonds. The van der Waals surface area contributed by atoms with Crippen LogP contribution in [0.15, 0.2) is 24.3 Å². The van der Waals surface area contributed by atoms with Crippen molar-refractivity contribution in [1.82, 2.24) is 0 Å². The molecule has 1 aliphatic rings. The van der Waals surface area contributed by atoms with Crippen LogP contribution in [-0.4, -0.2) is 36.8 Å². The highest BCUT2D eigenvalue weighted by atomic mass is 16.5. The van der Waals surface area contributed by atoms with Crippen LogP contribution in [-0.2, 0) is 4.79 Å². The van der Waals surface area contributed by atoms with Crippen LogP contribution in [0.1, 0.15) is 19.3 Å². The predicted molar refractivity (Wildman–Crippen MR) is 73.6 cm³/mol. The van der Waals surface area contributed by atoms with Crippen molar-refractivity contribution in [1.29, 1.82) is 0 Å². The molecule has 104 valence electrons. The molecule has 1 aromatic carbocycles. The van der Waals surface area contributed by atoms with Gasteiger partial charge in [-0.25, -0.2) is 0 Å². The van der Waals surface area contributed by atoms with E-state index in [-0.39, 0.29) is 6.42 Å². The second kappa shape index (κ2) is 5.48. The molecule has 1 fully saturated rings. The molecule has 0 radical (unpaired) electrons. The molecule has 0 saturated carbocycles. The van der Waals surface area contributed by atoms with Crippen LogP contribution in [0.25, 0.3) is 0 Å². The van der Waals surface area contributed by atoms with Gasteiger partial charge in [-0.2, -0.15) is 0 Å². The fourth-order valence-electron chi connectivity index (χ4n) is 2.48. The Morgan fingerprint density at radius 2 is 1.95 bits per heavy atom. The number of hydrogen-bond acceptors (Lipinski definition) is 4. The molecule has 2 rings (SSSR count). The zero-order chi connectivity index (χ0) is 13.9. The van der Waals surface area contributed by atoms with Gasteiger partial charge in [-0.15, -0.1) is 0 Å². The minimum atomic E-state index is -0.819. The number of piperidine rings is 1. The number of carboxylic acid groups (broad SMARTS) is 1. The summed E-state index contributed by atoms with van der Waals surface area (Å²) in [6, 6.07) is 7.88. The van der Waals surface area contributed by atoms with E-state index in [4.69, 9.17) is 15.6 Å². The third kappa shape index (κ3) is 3.38. The van der Waals surface area contributed by atoms with E-state index in [0.717, 1.165) is 24.5 Å². The molecule has 0 unspecified atom stereocenters. The zero-order valence-corrected chi connectivity index (χ0v) is 11.1. The molecular weight excluding hydrogens is 244 g/mol. The SMILES string of the molecule is COc1ccc(N2CCC(N)(CC(=O)O)CC2)cc1. The van der Waals surface area contributed by atoms with Crippen molar-refractivity contribution in [2.45, 2.75) is 24.8 Å². The summed E-state index contributed by atoms with van der Waals surface area (Å²) >= 11 is 0. The fourth-order valence-corrected chi connectivity index (χ4v) is 2.48. The van der Waals surface area contributed by atoms with Crippen molar-refractivity contribution in [2.24, 2.45) is 5.73 Å². The van der Waals surface area contributed by atoms with Gasteiger partial charge in [0, 0.05) is 24.3 Å². The van der Waals surface area contributed by atoms with Crippen LogP contribution in [0.3, 0.4) is 0 Å². The lowest BCUT2D eigenvalue weighted by Crippen LogP contribution is -2.51. The normalized spacial score (nSPS) is 18.1. The quantitative estimate of drug-likeness (QED) is 0.861. The number of methoxy groups -OCH3 is 1. The first-order valence-corrected chi connectivity index (χ1v) is 6.42. The molecule has 1 saturated heterocycles. The van der Waals surface area contributed by atoms with Crippen LogP contribution >= 0.6 is 0 Å². The lowest BCUT2D eigenvalue weighted by atomic mass is 9.85. The van der Waals surface area contributed by atoms with Crippen LogP contribution in [0, 0.1) is 0 Å². The summed E-state index contributed by atoms with van der Waals surface area (Å²) in [4.78, 5) is 13.0. The first-order chi connectivity index (χ1) is 9.02. The molecule has 5 nitrogen and oxygen atoms in total. The number of carboxylic acids is 1. The molecule has 0 bridgehead atoms. The summed E-state index contributed by atoms with van der Waals surface area (Å²) in [7, 11) is 1.64. The van der Waals surface area contributed by atoms with E-state index in [0.29, 0.717) is 12.8 Å². The number of nitrogens with zero attached hydrogens (tertiary/aromatic N) is 1. The topological polar surface area (TPSA) is 75.8 Å². The van der Waals surface area contributed by atoms with E-state index < -0.39 is 11.5 Å². The molecule has 1 heterocycles. The van der Waals surface area contributed by atoms with Gasteiger partial charge in [0.1, 0.15) is 5.75 Å². The van der Waals surface area contributed by atoms with Gasteiger partial charge in [-0.05, 0) is 37.1 Å². The van der Waals surface area contributed by atoms with E-state index in [2.05, 4.69) is 4.90 Å². The molecule has 0 aromatic heterocycles. The van der Waals surface area contributed by atoms with Crippen molar-refractivity contribution in [3.63, 3.8) is 0 Å². The molecule has 1 aliphatic heterocycles. The van der Waals surface area contributed by atoms with Crippen LogP contribution in [0.2, 0.25) is 0 Å². The Labute approximate surface area is 113 Å². The molecule has 1 aromatic rings. The number of hydrogen-bond donors (Lipinski definition) is 2. The standard InChI is InChI=1S/C14H20N2O3/c1-19-12-4-2-11(3-5-12)16-8-6-14(15,7-9-16)10-13(17)18/h2-5H,6-10,15H2,1H3,(H,17,18). The second-order valence-corrected chi connectivity index (χ2v) is 5.12. The van der Waals surface area contributed by atoms with E-state index >= 15 is 0 Å². The van der Waals surface area contributed by atoms with Crippen molar-refractivity contribution < 1.29 is 14.6 Å². The average molecular weight is 264 g/mol. The summed E-state index contributed by atoms with van der Waals surface area (Å²) in [6.45, 7) is 1.58. The summed E-state index contributed by atoms with van der Waals surface area (Å²) in [5.41, 5.74) is 6.68. The monoisotopic (exact) mass is 264 g/mol. The van der Waals surface area contributed by atoms with Crippen LogP contribution in [0.4, 0.5) is 5.69 Å². The fraction of sp³-hybridized carbons (Fsp3) is 0.500.